The monoisotopic (exact) mass is 546 g/mol. The third-order valence-corrected chi connectivity index (χ3v) is 5.50. The molecule has 0 saturated heterocycles. The number of hydrogen-bond donors (Lipinski definition) is 2. The highest BCUT2D eigenvalue weighted by Gasteiger charge is 2.14. The van der Waals surface area contributed by atoms with Gasteiger partial charge in [-0.1, -0.05) is 74.0 Å². The van der Waals surface area contributed by atoms with Crippen LogP contribution in [0.1, 0.15) is 48.5 Å². The second-order valence-electron chi connectivity index (χ2n) is 7.85. The van der Waals surface area contributed by atoms with E-state index in [4.69, 9.17) is 4.99 Å². The molecule has 7 heteroatoms. The summed E-state index contributed by atoms with van der Waals surface area (Å²) in [7, 11) is 1.98. The maximum Gasteiger partial charge on any atom is 0.191 e. The van der Waals surface area contributed by atoms with E-state index in [2.05, 4.69) is 88.4 Å². The van der Waals surface area contributed by atoms with E-state index in [0.717, 1.165) is 50.0 Å². The zero-order valence-electron chi connectivity index (χ0n) is 19.3. The normalized spacial score (nSPS) is 12.2. The predicted molar refractivity (Wildman–Crippen MR) is 143 cm³/mol. The van der Waals surface area contributed by atoms with Crippen LogP contribution in [0.5, 0.6) is 0 Å². The molecule has 32 heavy (non-hydrogen) atoms. The van der Waals surface area contributed by atoms with Crippen molar-refractivity contribution in [3.05, 3.63) is 83.4 Å². The lowest BCUT2D eigenvalue weighted by Gasteiger charge is -2.20. The molecule has 0 amide bonds. The fraction of sp³-hybridized carbons (Fsp3) is 0.400. The lowest BCUT2D eigenvalue weighted by molar-refractivity contribution is 0.637. The van der Waals surface area contributed by atoms with Crippen LogP contribution in [0.4, 0.5) is 0 Å². The molecule has 1 atom stereocenters. The zero-order chi connectivity index (χ0) is 21.9. The summed E-state index contributed by atoms with van der Waals surface area (Å²) in [6, 6.07) is 21.4. The van der Waals surface area contributed by atoms with E-state index in [1.54, 1.807) is 0 Å². The van der Waals surface area contributed by atoms with Crippen molar-refractivity contribution in [3.63, 3.8) is 0 Å². The number of nitrogens with zero attached hydrogens (tertiary/aromatic N) is 4. The van der Waals surface area contributed by atoms with E-state index in [1.807, 2.05) is 18.5 Å². The summed E-state index contributed by atoms with van der Waals surface area (Å²) in [5.41, 5.74) is 2.67. The Hall–Kier alpha value is -2.42. The number of hydrogen-bond acceptors (Lipinski definition) is 3. The molecule has 1 unspecified atom stereocenters. The van der Waals surface area contributed by atoms with Gasteiger partial charge in [0.2, 0.25) is 0 Å². The van der Waals surface area contributed by atoms with Crippen molar-refractivity contribution in [3.8, 4) is 0 Å². The highest BCUT2D eigenvalue weighted by molar-refractivity contribution is 14.0. The summed E-state index contributed by atoms with van der Waals surface area (Å²) < 4.78 is 1.98. The minimum Gasteiger partial charge on any atom is -0.356 e. The number of unbranched alkanes of at least 4 members (excludes halogenated alkanes) is 1. The summed E-state index contributed by atoms with van der Waals surface area (Å²) in [4.78, 5) is 4.78. The Bertz CT molecular complexity index is 940. The first-order valence-electron chi connectivity index (χ1n) is 11.1. The van der Waals surface area contributed by atoms with E-state index in [-0.39, 0.29) is 24.0 Å². The molecule has 2 aromatic carbocycles. The minimum absolute atomic E-state index is 0. The molecule has 0 saturated carbocycles. The zero-order valence-corrected chi connectivity index (χ0v) is 21.6. The minimum atomic E-state index is 0. The maximum absolute atomic E-state index is 4.78. The maximum atomic E-state index is 4.78. The number of guanidine groups is 1. The molecule has 0 aliphatic carbocycles. The van der Waals surface area contributed by atoms with E-state index in [0.29, 0.717) is 12.5 Å². The lowest BCUT2D eigenvalue weighted by Crippen LogP contribution is -2.40. The predicted octanol–water partition coefficient (Wildman–Crippen LogP) is 4.60. The average molecular weight is 547 g/mol. The summed E-state index contributed by atoms with van der Waals surface area (Å²) in [5, 5.41) is 15.4. The van der Waals surface area contributed by atoms with Crippen LogP contribution in [0.3, 0.4) is 0 Å². The quantitative estimate of drug-likeness (QED) is 0.169. The Kier molecular flexibility index (Phi) is 11.2. The topological polar surface area (TPSA) is 67.1 Å². The molecule has 0 aliphatic rings. The first kappa shape index (κ1) is 25.8. The van der Waals surface area contributed by atoms with Crippen molar-refractivity contribution >= 4 is 29.9 Å². The molecule has 6 nitrogen and oxygen atoms in total. The molecule has 3 rings (SSSR count). The summed E-state index contributed by atoms with van der Waals surface area (Å²) in [5.74, 6) is 2.92. The highest BCUT2D eigenvalue weighted by Crippen LogP contribution is 2.20. The Morgan fingerprint density at radius 1 is 1.00 bits per heavy atom. The van der Waals surface area contributed by atoms with E-state index in [1.165, 1.54) is 11.1 Å². The third-order valence-electron chi connectivity index (χ3n) is 5.50. The van der Waals surface area contributed by atoms with Crippen molar-refractivity contribution in [2.45, 2.75) is 45.6 Å². The SMILES string of the molecule is CCCCNC(=NCc1nnc(C)n1C)NCC(Cc1ccccc1)c1ccccc1.I. The van der Waals surface area contributed by atoms with Crippen molar-refractivity contribution in [1.82, 2.24) is 25.4 Å². The van der Waals surface area contributed by atoms with Crippen LogP contribution in [0.15, 0.2) is 65.7 Å². The first-order chi connectivity index (χ1) is 15.2. The van der Waals surface area contributed by atoms with Gasteiger partial charge in [-0.2, -0.15) is 0 Å². The second kappa shape index (κ2) is 13.9. The number of aliphatic imine (C=N–C) groups is 1. The Morgan fingerprint density at radius 3 is 2.31 bits per heavy atom. The summed E-state index contributed by atoms with van der Waals surface area (Å²) in [6.07, 6.45) is 3.22. The molecule has 1 aromatic heterocycles. The van der Waals surface area contributed by atoms with Crippen molar-refractivity contribution in [1.29, 1.82) is 0 Å². The Labute approximate surface area is 209 Å². The number of aromatic nitrogens is 3. The van der Waals surface area contributed by atoms with Gasteiger partial charge in [0.1, 0.15) is 12.4 Å². The van der Waals surface area contributed by atoms with E-state index >= 15 is 0 Å². The number of rotatable bonds is 10. The van der Waals surface area contributed by atoms with Gasteiger partial charge in [-0.3, -0.25) is 0 Å². The molecule has 172 valence electrons. The van der Waals surface area contributed by atoms with Gasteiger partial charge in [-0.15, -0.1) is 34.2 Å². The van der Waals surface area contributed by atoms with Gasteiger partial charge < -0.3 is 15.2 Å². The molecule has 0 aliphatic heterocycles. The van der Waals surface area contributed by atoms with Crippen LogP contribution in [0, 0.1) is 6.92 Å². The lowest BCUT2D eigenvalue weighted by atomic mass is 9.92. The number of nitrogens with one attached hydrogen (secondary N) is 2. The second-order valence-corrected chi connectivity index (χ2v) is 7.85. The molecule has 0 spiro atoms. The molecule has 0 radical (unpaired) electrons. The average Bonchev–Trinajstić information content (AvgIpc) is 3.13. The van der Waals surface area contributed by atoms with Gasteiger partial charge in [-0.05, 0) is 30.9 Å². The van der Waals surface area contributed by atoms with Gasteiger partial charge in [0, 0.05) is 26.1 Å². The van der Waals surface area contributed by atoms with Crippen LogP contribution < -0.4 is 10.6 Å². The molecule has 0 fully saturated rings. The fourth-order valence-corrected chi connectivity index (χ4v) is 3.45. The molecular weight excluding hydrogens is 511 g/mol. The van der Waals surface area contributed by atoms with Crippen LogP contribution in [-0.4, -0.2) is 33.8 Å². The van der Waals surface area contributed by atoms with Crippen LogP contribution in [0.2, 0.25) is 0 Å². The summed E-state index contributed by atoms with van der Waals surface area (Å²) >= 11 is 0. The Morgan fingerprint density at radius 2 is 1.69 bits per heavy atom. The number of benzene rings is 2. The Balaban J connectivity index is 0.00000363. The van der Waals surface area contributed by atoms with Crippen LogP contribution in [0.25, 0.3) is 0 Å². The van der Waals surface area contributed by atoms with Gasteiger partial charge in [0.25, 0.3) is 0 Å². The molecule has 1 heterocycles. The largest absolute Gasteiger partial charge is 0.356 e. The van der Waals surface area contributed by atoms with Gasteiger partial charge in [0.15, 0.2) is 11.8 Å². The third kappa shape index (κ3) is 7.93. The number of halogens is 1. The molecular formula is C25H35IN6. The highest BCUT2D eigenvalue weighted by atomic mass is 127. The van der Waals surface area contributed by atoms with Gasteiger partial charge in [-0.25, -0.2) is 4.99 Å². The van der Waals surface area contributed by atoms with Gasteiger partial charge in [0.05, 0.1) is 0 Å². The van der Waals surface area contributed by atoms with Crippen LogP contribution >= 0.6 is 24.0 Å². The van der Waals surface area contributed by atoms with E-state index in [9.17, 15) is 0 Å². The van der Waals surface area contributed by atoms with Crippen molar-refractivity contribution < 1.29 is 0 Å². The molecule has 0 bridgehead atoms. The van der Waals surface area contributed by atoms with Crippen molar-refractivity contribution in [2.75, 3.05) is 13.1 Å². The van der Waals surface area contributed by atoms with E-state index < -0.39 is 0 Å². The van der Waals surface area contributed by atoms with Crippen LogP contribution in [-0.2, 0) is 20.0 Å². The smallest absolute Gasteiger partial charge is 0.191 e. The first-order valence-corrected chi connectivity index (χ1v) is 11.1. The molecule has 3 aromatic rings. The molecule has 2 N–H and O–H groups in total. The fourth-order valence-electron chi connectivity index (χ4n) is 3.45. The number of aryl methyl sites for hydroxylation is 1. The van der Waals surface area contributed by atoms with Gasteiger partial charge >= 0.3 is 0 Å². The summed E-state index contributed by atoms with van der Waals surface area (Å²) in [6.45, 7) is 6.34. The standard InChI is InChI=1S/C25H34N6.HI/c1-4-5-16-26-25(28-19-24-30-29-20(2)31(24)3)27-18-23(22-14-10-7-11-15-22)17-21-12-8-6-9-13-21;/h6-15,23H,4-5,16-19H2,1-3H3,(H2,26,27,28);1H. The van der Waals surface area contributed by atoms with Crippen molar-refractivity contribution in [2.24, 2.45) is 12.0 Å².